The number of hydrogen-bond donors (Lipinski definition) is 0. The van der Waals surface area contributed by atoms with Crippen LogP contribution in [0.4, 0.5) is 34.1 Å². The fourth-order valence-corrected chi connectivity index (χ4v) is 15.3. The van der Waals surface area contributed by atoms with Crippen LogP contribution in [0.15, 0.2) is 243 Å². The van der Waals surface area contributed by atoms with Crippen LogP contribution in [0.3, 0.4) is 0 Å². The van der Waals surface area contributed by atoms with Crippen molar-refractivity contribution in [1.82, 2.24) is 0 Å². The molecule has 1 unspecified atom stereocenters. The van der Waals surface area contributed by atoms with Crippen molar-refractivity contribution < 1.29 is 0 Å². The quantitative estimate of drug-likeness (QED) is 0.101. The largest absolute Gasteiger partial charge is 0.310 e. The highest BCUT2D eigenvalue weighted by atomic mass is 15.1. The van der Waals surface area contributed by atoms with Crippen molar-refractivity contribution in [3.63, 3.8) is 0 Å². The second-order valence-electron chi connectivity index (χ2n) is 26.6. The summed E-state index contributed by atoms with van der Waals surface area (Å²) in [6, 6.07) is 92.3. The van der Waals surface area contributed by atoms with Gasteiger partial charge in [-0.15, -0.1) is 0 Å². The van der Waals surface area contributed by atoms with E-state index in [-0.39, 0.29) is 16.2 Å². The number of rotatable bonds is 15. The average Bonchev–Trinajstić information content (AvgIpc) is 1.53. The first-order valence-electron chi connectivity index (χ1n) is 31.8. The molecule has 0 radical (unpaired) electrons. The molecule has 0 saturated carbocycles. The van der Waals surface area contributed by atoms with Gasteiger partial charge in [-0.3, -0.25) is 0 Å². The molecular weight excluding hydrogens is 1050 g/mol. The maximum absolute atomic E-state index is 2.60. The summed E-state index contributed by atoms with van der Waals surface area (Å²) in [4.78, 5) is 4.93. The molecule has 0 bridgehead atoms. The fourth-order valence-electron chi connectivity index (χ4n) is 15.3. The molecule has 1 spiro atoms. The molecule has 87 heavy (non-hydrogen) atoms. The van der Waals surface area contributed by atoms with Crippen molar-refractivity contribution >= 4 is 34.1 Å². The van der Waals surface area contributed by atoms with Crippen LogP contribution < -0.4 is 9.80 Å². The van der Waals surface area contributed by atoms with Crippen molar-refractivity contribution in [3.05, 3.63) is 298 Å². The number of nitrogens with zero attached hydrogens (tertiary/aromatic N) is 2. The molecule has 13 rings (SSSR count). The van der Waals surface area contributed by atoms with Gasteiger partial charge in [0.1, 0.15) is 0 Å². The van der Waals surface area contributed by atoms with Crippen LogP contribution in [0.1, 0.15) is 123 Å². The minimum absolute atomic E-state index is 0.0340. The van der Waals surface area contributed by atoms with Gasteiger partial charge in [0.15, 0.2) is 0 Å². The van der Waals surface area contributed by atoms with E-state index in [1.807, 2.05) is 0 Å². The second kappa shape index (κ2) is 23.0. The minimum atomic E-state index is -0.193. The van der Waals surface area contributed by atoms with Gasteiger partial charge in [-0.25, -0.2) is 0 Å². The molecule has 2 nitrogen and oxygen atoms in total. The number of anilines is 6. The van der Waals surface area contributed by atoms with Crippen LogP contribution in [0.25, 0.3) is 55.6 Å². The Kier molecular flexibility index (Phi) is 15.1. The topological polar surface area (TPSA) is 6.48 Å². The summed E-state index contributed by atoms with van der Waals surface area (Å²) in [6.45, 7) is 23.5. The normalized spacial score (nSPS) is 15.3. The molecule has 11 aromatic rings. The first-order valence-corrected chi connectivity index (χ1v) is 31.8. The summed E-state index contributed by atoms with van der Waals surface area (Å²) >= 11 is 0. The maximum Gasteiger partial charge on any atom is 0.0467 e. The molecule has 0 fully saturated rings. The Bertz CT molecular complexity index is 4290. The Morgan fingerprint density at radius 2 is 0.701 bits per heavy atom. The van der Waals surface area contributed by atoms with Crippen molar-refractivity contribution in [2.45, 2.75) is 124 Å². The summed E-state index contributed by atoms with van der Waals surface area (Å²) in [5.41, 5.74) is 32.8. The van der Waals surface area contributed by atoms with Crippen LogP contribution in [-0.4, -0.2) is 0 Å². The van der Waals surface area contributed by atoms with Gasteiger partial charge in [0.05, 0.1) is 0 Å². The van der Waals surface area contributed by atoms with Crippen molar-refractivity contribution in [3.8, 4) is 55.6 Å². The van der Waals surface area contributed by atoms with E-state index in [0.717, 1.165) is 67.0 Å². The zero-order valence-corrected chi connectivity index (χ0v) is 52.7. The van der Waals surface area contributed by atoms with E-state index in [9.17, 15) is 0 Å². The molecule has 2 heteroatoms. The lowest BCUT2D eigenvalue weighted by Crippen LogP contribution is -2.27. The lowest BCUT2D eigenvalue weighted by molar-refractivity contribution is 0.349. The van der Waals surface area contributed by atoms with Gasteiger partial charge in [0.25, 0.3) is 0 Å². The van der Waals surface area contributed by atoms with Crippen LogP contribution in [0.2, 0.25) is 0 Å². The van der Waals surface area contributed by atoms with E-state index < -0.39 is 0 Å². The molecule has 0 N–H and O–H groups in total. The van der Waals surface area contributed by atoms with Gasteiger partial charge in [-0.2, -0.15) is 0 Å². The van der Waals surface area contributed by atoms with E-state index in [0.29, 0.717) is 0 Å². The molecule has 432 valence electrons. The van der Waals surface area contributed by atoms with Crippen LogP contribution in [0.5, 0.6) is 0 Å². The fraction of sp³-hybridized carbons (Fsp3) is 0.224. The van der Waals surface area contributed by atoms with Crippen LogP contribution in [0, 0.1) is 27.7 Å². The number of aryl methyl sites for hydroxylation is 6. The molecule has 0 heterocycles. The predicted molar refractivity (Wildman–Crippen MR) is 372 cm³/mol. The Morgan fingerprint density at radius 1 is 0.310 bits per heavy atom. The van der Waals surface area contributed by atoms with Gasteiger partial charge >= 0.3 is 0 Å². The first-order chi connectivity index (χ1) is 42.1. The lowest BCUT2D eigenvalue weighted by atomic mass is 9.72. The molecule has 11 aromatic carbocycles. The Hall–Kier alpha value is -8.98. The zero-order valence-electron chi connectivity index (χ0n) is 52.7. The first kappa shape index (κ1) is 57.1. The van der Waals surface area contributed by atoms with Gasteiger partial charge in [-0.1, -0.05) is 229 Å². The van der Waals surface area contributed by atoms with E-state index in [1.165, 1.54) is 117 Å². The van der Waals surface area contributed by atoms with E-state index >= 15 is 0 Å². The smallest absolute Gasteiger partial charge is 0.0467 e. The molecule has 0 saturated heterocycles. The Labute approximate surface area is 518 Å². The lowest BCUT2D eigenvalue weighted by Gasteiger charge is -2.32. The van der Waals surface area contributed by atoms with Gasteiger partial charge in [0, 0.05) is 39.5 Å². The van der Waals surface area contributed by atoms with Gasteiger partial charge < -0.3 is 9.80 Å². The zero-order chi connectivity index (χ0) is 60.2. The molecule has 0 aliphatic heterocycles. The summed E-state index contributed by atoms with van der Waals surface area (Å²) in [5, 5.41) is 0. The van der Waals surface area contributed by atoms with Crippen LogP contribution in [-0.2, 0) is 29.1 Å². The van der Waals surface area contributed by atoms with E-state index in [2.05, 4.69) is 322 Å². The summed E-state index contributed by atoms with van der Waals surface area (Å²) in [7, 11) is 0. The third-order valence-corrected chi connectivity index (χ3v) is 19.2. The maximum atomic E-state index is 2.60. The van der Waals surface area contributed by atoms with Crippen LogP contribution >= 0.6 is 0 Å². The third-order valence-electron chi connectivity index (χ3n) is 19.2. The average molecular weight is 1130 g/mol. The number of fused-ring (bicyclic) bond motifs is 4. The van der Waals surface area contributed by atoms with Gasteiger partial charge in [-0.05, 0) is 243 Å². The predicted octanol–water partition coefficient (Wildman–Crippen LogP) is 23.7. The number of benzene rings is 11. The minimum Gasteiger partial charge on any atom is -0.310 e. The highest BCUT2D eigenvalue weighted by Gasteiger charge is 2.57. The van der Waals surface area contributed by atoms with Crippen molar-refractivity contribution in [2.75, 3.05) is 9.80 Å². The SMILES string of the molecule is CCCc1ccc(-c2ccc(N(c3ccc(-c4cccc(C)c4)cc3)c3ccc(-c4ccc5c(c4)C4(CC5(C)C)CC(C)(C)c5c(C)cc(N(c6ccc(-c7ccc(CCC)cc7)cc6)c6ccc(-c7cccc(C)c7)cc6)cc54)c(C)c3)cc2)cc1. The van der Waals surface area contributed by atoms with Gasteiger partial charge in [0.2, 0.25) is 0 Å². The number of hydrogen-bond acceptors (Lipinski definition) is 2. The molecule has 1 atom stereocenters. The van der Waals surface area contributed by atoms with E-state index in [4.69, 9.17) is 0 Å². The molecule has 0 aromatic heterocycles. The summed E-state index contributed by atoms with van der Waals surface area (Å²) in [5.74, 6) is 0. The highest BCUT2D eigenvalue weighted by molar-refractivity contribution is 5.85. The molecular formula is C85H82N2. The summed E-state index contributed by atoms with van der Waals surface area (Å²) < 4.78 is 0. The molecule has 2 aliphatic rings. The summed E-state index contributed by atoms with van der Waals surface area (Å²) in [6.07, 6.45) is 6.60. The second-order valence-corrected chi connectivity index (χ2v) is 26.6. The highest BCUT2D eigenvalue weighted by Crippen LogP contribution is 2.64. The van der Waals surface area contributed by atoms with Crippen molar-refractivity contribution in [2.24, 2.45) is 0 Å². The Morgan fingerprint density at radius 3 is 1.14 bits per heavy atom. The standard InChI is InChI=1S/C85H82N2/c1-11-15-61-21-25-63(26-22-61)65-29-38-72(39-30-65)86(73-42-33-67(34-43-73)69-19-13-17-57(3)49-69)76-46-47-78(59(5)51-76)71-37-48-79-80(53-71)85(55-83(79,7)8)56-84(9,10)82-60(6)52-77(54-81(82)85)87(75-44-35-68(36-45-75)70-20-14-18-58(4)50-70)74-40-31-66(32-41-74)64-27-23-62(16-12-2)24-28-64/h13-14,17-54H,11-12,15-16,55-56H2,1-10H3. The third kappa shape index (κ3) is 10.9. The van der Waals surface area contributed by atoms with Crippen molar-refractivity contribution in [1.29, 1.82) is 0 Å². The van der Waals surface area contributed by atoms with E-state index in [1.54, 1.807) is 0 Å². The molecule has 2 aliphatic carbocycles. The Balaban J connectivity index is 0.889. The monoisotopic (exact) mass is 1130 g/mol. The molecule has 0 amide bonds.